The third kappa shape index (κ3) is 3.72. The second-order valence-electron chi connectivity index (χ2n) is 5.42. The fourth-order valence-corrected chi connectivity index (χ4v) is 2.89. The standard InChI is InChI=1S/C16H27N3O/c1-3-20-16-8-5-4-7-14(16)15(13-17)19-10-6-9-18(2)11-12-19/h4-5,7-8,15H,3,6,9-13,17H2,1-2H3. The lowest BCUT2D eigenvalue weighted by Gasteiger charge is -2.31. The average Bonchev–Trinajstić information content (AvgIpc) is 2.67. The van der Waals surface area contributed by atoms with Crippen LogP contribution < -0.4 is 10.5 Å². The third-order valence-corrected chi connectivity index (χ3v) is 4.00. The number of benzene rings is 1. The molecule has 1 aliphatic rings. The molecule has 1 heterocycles. The average molecular weight is 277 g/mol. The van der Waals surface area contributed by atoms with Crippen molar-refractivity contribution in [2.24, 2.45) is 5.73 Å². The molecule has 2 N–H and O–H groups in total. The van der Waals surface area contributed by atoms with Gasteiger partial charge in [0, 0.05) is 31.7 Å². The van der Waals surface area contributed by atoms with Crippen molar-refractivity contribution in [1.82, 2.24) is 9.80 Å². The van der Waals surface area contributed by atoms with Crippen molar-refractivity contribution in [1.29, 1.82) is 0 Å². The van der Waals surface area contributed by atoms with Crippen molar-refractivity contribution in [3.8, 4) is 5.75 Å². The van der Waals surface area contributed by atoms with E-state index in [0.29, 0.717) is 13.2 Å². The molecule has 0 amide bonds. The summed E-state index contributed by atoms with van der Waals surface area (Å²) in [4.78, 5) is 4.89. The Kier molecular flexibility index (Phi) is 5.83. The molecule has 4 heteroatoms. The summed E-state index contributed by atoms with van der Waals surface area (Å²) in [7, 11) is 2.19. The SMILES string of the molecule is CCOc1ccccc1C(CN)N1CCCN(C)CC1. The molecule has 4 nitrogen and oxygen atoms in total. The number of nitrogens with zero attached hydrogens (tertiary/aromatic N) is 2. The molecule has 0 saturated carbocycles. The van der Waals surface area contributed by atoms with Gasteiger partial charge in [-0.15, -0.1) is 0 Å². The Labute approximate surface area is 122 Å². The Bertz CT molecular complexity index is 410. The number of rotatable bonds is 5. The van der Waals surface area contributed by atoms with Crippen LogP contribution in [-0.2, 0) is 0 Å². The molecular formula is C16H27N3O. The lowest BCUT2D eigenvalue weighted by Crippen LogP contribution is -2.36. The summed E-state index contributed by atoms with van der Waals surface area (Å²) in [5, 5.41) is 0. The highest BCUT2D eigenvalue weighted by Gasteiger charge is 2.23. The number of para-hydroxylation sites is 1. The summed E-state index contributed by atoms with van der Waals surface area (Å²) in [6.45, 7) is 7.79. The minimum absolute atomic E-state index is 0.254. The van der Waals surface area contributed by atoms with Crippen molar-refractivity contribution in [2.75, 3.05) is 46.4 Å². The predicted molar refractivity (Wildman–Crippen MR) is 83.1 cm³/mol. The van der Waals surface area contributed by atoms with E-state index in [1.165, 1.54) is 18.5 Å². The summed E-state index contributed by atoms with van der Waals surface area (Å²) in [5.74, 6) is 0.975. The highest BCUT2D eigenvalue weighted by Crippen LogP contribution is 2.29. The second kappa shape index (κ2) is 7.62. The molecular weight excluding hydrogens is 250 g/mol. The molecule has 0 aliphatic carbocycles. The van der Waals surface area contributed by atoms with Gasteiger partial charge in [-0.2, -0.15) is 0 Å². The van der Waals surface area contributed by atoms with Crippen LogP contribution >= 0.6 is 0 Å². The zero-order valence-electron chi connectivity index (χ0n) is 12.7. The molecule has 1 saturated heterocycles. The van der Waals surface area contributed by atoms with Crippen molar-refractivity contribution in [3.05, 3.63) is 29.8 Å². The Hall–Kier alpha value is -1.10. The van der Waals surface area contributed by atoms with Gasteiger partial charge in [-0.25, -0.2) is 0 Å². The Balaban J connectivity index is 2.18. The molecule has 20 heavy (non-hydrogen) atoms. The van der Waals surface area contributed by atoms with Gasteiger partial charge in [-0.05, 0) is 33.0 Å². The van der Waals surface area contributed by atoms with Crippen LogP contribution in [0.2, 0.25) is 0 Å². The van der Waals surface area contributed by atoms with Gasteiger partial charge in [0.15, 0.2) is 0 Å². The molecule has 1 atom stereocenters. The van der Waals surface area contributed by atoms with Gasteiger partial charge in [-0.3, -0.25) is 4.90 Å². The lowest BCUT2D eigenvalue weighted by atomic mass is 10.0. The van der Waals surface area contributed by atoms with Crippen LogP contribution in [0.15, 0.2) is 24.3 Å². The van der Waals surface area contributed by atoms with Crippen LogP contribution in [0.25, 0.3) is 0 Å². The van der Waals surface area contributed by atoms with Crippen LogP contribution in [0.4, 0.5) is 0 Å². The molecule has 0 radical (unpaired) electrons. The molecule has 0 spiro atoms. The number of nitrogens with two attached hydrogens (primary N) is 1. The van der Waals surface area contributed by atoms with E-state index >= 15 is 0 Å². The summed E-state index contributed by atoms with van der Waals surface area (Å²) < 4.78 is 5.77. The smallest absolute Gasteiger partial charge is 0.124 e. The summed E-state index contributed by atoms with van der Waals surface area (Å²) in [6.07, 6.45) is 1.20. The van der Waals surface area contributed by atoms with Crippen LogP contribution in [0.5, 0.6) is 5.75 Å². The van der Waals surface area contributed by atoms with E-state index in [4.69, 9.17) is 10.5 Å². The van der Waals surface area contributed by atoms with Gasteiger partial charge in [0.05, 0.1) is 12.6 Å². The van der Waals surface area contributed by atoms with Gasteiger partial charge >= 0.3 is 0 Å². The van der Waals surface area contributed by atoms with Gasteiger partial charge in [-0.1, -0.05) is 18.2 Å². The highest BCUT2D eigenvalue weighted by atomic mass is 16.5. The third-order valence-electron chi connectivity index (χ3n) is 4.00. The zero-order chi connectivity index (χ0) is 14.4. The first-order chi connectivity index (χ1) is 9.76. The van der Waals surface area contributed by atoms with Crippen LogP contribution in [0.1, 0.15) is 24.9 Å². The summed E-state index contributed by atoms with van der Waals surface area (Å²) in [6, 6.07) is 8.55. The topological polar surface area (TPSA) is 41.7 Å². The molecule has 0 bridgehead atoms. The minimum atomic E-state index is 0.254. The van der Waals surface area contributed by atoms with Gasteiger partial charge in [0.25, 0.3) is 0 Å². The Morgan fingerprint density at radius 3 is 2.75 bits per heavy atom. The molecule has 1 aromatic rings. The zero-order valence-corrected chi connectivity index (χ0v) is 12.7. The van der Waals surface area contributed by atoms with E-state index in [1.54, 1.807) is 0 Å². The maximum Gasteiger partial charge on any atom is 0.124 e. The van der Waals surface area contributed by atoms with E-state index < -0.39 is 0 Å². The van der Waals surface area contributed by atoms with Gasteiger partial charge < -0.3 is 15.4 Å². The summed E-state index contributed by atoms with van der Waals surface area (Å²) in [5.41, 5.74) is 7.30. The number of hydrogen-bond donors (Lipinski definition) is 1. The molecule has 1 aromatic carbocycles. The van der Waals surface area contributed by atoms with Crippen LogP contribution in [0.3, 0.4) is 0 Å². The maximum absolute atomic E-state index is 6.08. The Morgan fingerprint density at radius 2 is 2.00 bits per heavy atom. The van der Waals surface area contributed by atoms with Gasteiger partial charge in [0.1, 0.15) is 5.75 Å². The van der Waals surface area contributed by atoms with Crippen molar-refractivity contribution in [2.45, 2.75) is 19.4 Å². The van der Waals surface area contributed by atoms with Crippen molar-refractivity contribution < 1.29 is 4.74 Å². The molecule has 112 valence electrons. The predicted octanol–water partition coefficient (Wildman–Crippen LogP) is 1.72. The lowest BCUT2D eigenvalue weighted by molar-refractivity contribution is 0.202. The number of likely N-dealkylation sites (N-methyl/N-ethyl adjacent to an activating group) is 1. The molecule has 1 fully saturated rings. The quantitative estimate of drug-likeness (QED) is 0.890. The first-order valence-corrected chi connectivity index (χ1v) is 7.60. The van der Waals surface area contributed by atoms with E-state index in [2.05, 4.69) is 29.0 Å². The fraction of sp³-hybridized carbons (Fsp3) is 0.625. The first kappa shape index (κ1) is 15.3. The van der Waals surface area contributed by atoms with E-state index in [-0.39, 0.29) is 6.04 Å². The van der Waals surface area contributed by atoms with Gasteiger partial charge in [0.2, 0.25) is 0 Å². The number of ether oxygens (including phenoxy) is 1. The minimum Gasteiger partial charge on any atom is -0.494 e. The van der Waals surface area contributed by atoms with Crippen LogP contribution in [0, 0.1) is 0 Å². The summed E-state index contributed by atoms with van der Waals surface area (Å²) >= 11 is 0. The second-order valence-corrected chi connectivity index (χ2v) is 5.42. The maximum atomic E-state index is 6.08. The monoisotopic (exact) mass is 277 g/mol. The van der Waals surface area contributed by atoms with E-state index in [9.17, 15) is 0 Å². The van der Waals surface area contributed by atoms with Crippen molar-refractivity contribution >= 4 is 0 Å². The molecule has 0 aromatic heterocycles. The van der Waals surface area contributed by atoms with E-state index in [1.807, 2.05) is 19.1 Å². The first-order valence-electron chi connectivity index (χ1n) is 7.60. The Morgan fingerprint density at radius 1 is 1.20 bits per heavy atom. The van der Waals surface area contributed by atoms with Crippen molar-refractivity contribution in [3.63, 3.8) is 0 Å². The normalized spacial score (nSPS) is 19.6. The fourth-order valence-electron chi connectivity index (χ4n) is 2.89. The molecule has 1 aliphatic heterocycles. The molecule has 1 unspecified atom stereocenters. The van der Waals surface area contributed by atoms with E-state index in [0.717, 1.165) is 25.4 Å². The highest BCUT2D eigenvalue weighted by molar-refractivity contribution is 5.36. The largest absolute Gasteiger partial charge is 0.494 e. The molecule has 2 rings (SSSR count). The van der Waals surface area contributed by atoms with Crippen LogP contribution in [-0.4, -0.2) is 56.2 Å². The number of hydrogen-bond acceptors (Lipinski definition) is 4.